The lowest BCUT2D eigenvalue weighted by atomic mass is 10.1. The summed E-state index contributed by atoms with van der Waals surface area (Å²) in [6, 6.07) is 4.67. The highest BCUT2D eigenvalue weighted by atomic mass is 32.1. The van der Waals surface area contributed by atoms with Crippen LogP contribution in [0.3, 0.4) is 0 Å². The van der Waals surface area contributed by atoms with Gasteiger partial charge in [0.1, 0.15) is 0 Å². The normalized spacial score (nSPS) is 11.8. The molecule has 0 saturated carbocycles. The molecule has 1 aromatic heterocycles. The van der Waals surface area contributed by atoms with Gasteiger partial charge in [0.15, 0.2) is 0 Å². The summed E-state index contributed by atoms with van der Waals surface area (Å²) in [4.78, 5) is 35.6. The number of nitrogens with one attached hydrogen (secondary N) is 2. The van der Waals surface area contributed by atoms with Gasteiger partial charge < -0.3 is 15.5 Å². The van der Waals surface area contributed by atoms with Crippen LogP contribution >= 0.6 is 11.3 Å². The predicted molar refractivity (Wildman–Crippen MR) is 95.4 cm³/mol. The fourth-order valence-electron chi connectivity index (χ4n) is 2.25. The van der Waals surface area contributed by atoms with Crippen molar-refractivity contribution in [3.05, 3.63) is 56.5 Å². The van der Waals surface area contributed by atoms with Crippen LogP contribution in [0.25, 0.3) is 0 Å². The van der Waals surface area contributed by atoms with Gasteiger partial charge in [-0.15, -0.1) is 0 Å². The van der Waals surface area contributed by atoms with Crippen LogP contribution in [0.5, 0.6) is 0 Å². The predicted octanol–water partition coefficient (Wildman–Crippen LogP) is 2.15. The first-order chi connectivity index (χ1) is 12.3. The van der Waals surface area contributed by atoms with Crippen molar-refractivity contribution >= 4 is 34.5 Å². The van der Waals surface area contributed by atoms with Crippen LogP contribution in [0.2, 0.25) is 0 Å². The van der Waals surface area contributed by atoms with Gasteiger partial charge in [-0.1, -0.05) is 0 Å². The molecule has 1 aromatic carbocycles. The molecule has 0 bridgehead atoms. The molecule has 1 heterocycles. The first kappa shape index (κ1) is 19.5. The van der Waals surface area contributed by atoms with E-state index in [9.17, 15) is 24.1 Å². The third-order valence-corrected chi connectivity index (χ3v) is 4.32. The van der Waals surface area contributed by atoms with Crippen LogP contribution < -0.4 is 10.6 Å². The average Bonchev–Trinajstić information content (AvgIpc) is 3.10. The highest BCUT2D eigenvalue weighted by Gasteiger charge is 2.20. The Balaban J connectivity index is 1.98. The Morgan fingerprint density at radius 1 is 1.31 bits per heavy atom. The highest BCUT2D eigenvalue weighted by molar-refractivity contribution is 7.07. The Labute approximate surface area is 152 Å². The summed E-state index contributed by atoms with van der Waals surface area (Å²) < 4.78 is 13.3. The Morgan fingerprint density at radius 2 is 2.04 bits per heavy atom. The number of likely N-dealkylation sites (N-methyl/N-ethyl adjacent to an activating group) is 1. The van der Waals surface area contributed by atoms with Crippen molar-refractivity contribution in [1.82, 2.24) is 10.2 Å². The van der Waals surface area contributed by atoms with Gasteiger partial charge in [0.25, 0.3) is 0 Å². The molecule has 138 valence electrons. The summed E-state index contributed by atoms with van der Waals surface area (Å²) in [5.74, 6) is -2.91. The number of hydrogen-bond acceptors (Lipinski definition) is 6. The highest BCUT2D eigenvalue weighted by Crippen LogP contribution is 2.22. The van der Waals surface area contributed by atoms with E-state index in [-0.39, 0.29) is 18.3 Å². The van der Waals surface area contributed by atoms with Crippen LogP contribution in [-0.4, -0.2) is 42.3 Å². The van der Waals surface area contributed by atoms with E-state index in [1.165, 1.54) is 11.3 Å². The lowest BCUT2D eigenvalue weighted by Gasteiger charge is -2.23. The number of halogens is 1. The van der Waals surface area contributed by atoms with Crippen LogP contribution in [-0.2, 0) is 9.59 Å². The van der Waals surface area contributed by atoms with Crippen molar-refractivity contribution in [1.29, 1.82) is 0 Å². The van der Waals surface area contributed by atoms with Crippen molar-refractivity contribution in [2.75, 3.05) is 26.0 Å². The Bertz CT molecular complexity index is 811. The Morgan fingerprint density at radius 3 is 2.62 bits per heavy atom. The fraction of sp³-hybridized carbons (Fsp3) is 0.250. The van der Waals surface area contributed by atoms with Crippen molar-refractivity contribution in [3.8, 4) is 0 Å². The average molecular weight is 380 g/mol. The monoisotopic (exact) mass is 380 g/mol. The van der Waals surface area contributed by atoms with E-state index in [1.54, 1.807) is 0 Å². The molecule has 0 aliphatic heterocycles. The van der Waals surface area contributed by atoms with E-state index < -0.39 is 28.2 Å². The van der Waals surface area contributed by atoms with Gasteiger partial charge in [-0.05, 0) is 48.6 Å². The zero-order valence-electron chi connectivity index (χ0n) is 14.1. The number of benzene rings is 1. The lowest BCUT2D eigenvalue weighted by Crippen LogP contribution is -2.40. The van der Waals surface area contributed by atoms with Gasteiger partial charge in [0.2, 0.25) is 5.82 Å². The van der Waals surface area contributed by atoms with Gasteiger partial charge in [-0.3, -0.25) is 19.7 Å². The maximum absolute atomic E-state index is 13.3. The summed E-state index contributed by atoms with van der Waals surface area (Å²) in [7, 11) is 3.71. The fourth-order valence-corrected chi connectivity index (χ4v) is 2.96. The molecule has 0 spiro atoms. The number of carbonyl (C=O) groups is 2. The standard InChI is InChI=1S/C16H17FN4O4S/c1-20(2)14(10-5-6-26-9-10)8-18-15(22)16(23)19-11-3-4-12(17)13(7-11)21(24)25/h3-7,9,14H,8H2,1-2H3,(H,18,22)(H,19,23). The lowest BCUT2D eigenvalue weighted by molar-refractivity contribution is -0.387. The zero-order valence-corrected chi connectivity index (χ0v) is 14.9. The third-order valence-electron chi connectivity index (χ3n) is 3.61. The molecule has 0 saturated heterocycles. The van der Waals surface area contributed by atoms with Crippen LogP contribution in [0.15, 0.2) is 35.0 Å². The molecule has 0 aliphatic rings. The van der Waals surface area contributed by atoms with E-state index in [1.807, 2.05) is 35.8 Å². The minimum atomic E-state index is -1.03. The number of hydrogen-bond donors (Lipinski definition) is 2. The Kier molecular flexibility index (Phi) is 6.36. The molecule has 2 rings (SSSR count). The van der Waals surface area contributed by atoms with E-state index in [2.05, 4.69) is 10.6 Å². The molecule has 0 radical (unpaired) electrons. The van der Waals surface area contributed by atoms with Crippen LogP contribution in [0, 0.1) is 15.9 Å². The van der Waals surface area contributed by atoms with E-state index >= 15 is 0 Å². The van der Waals surface area contributed by atoms with Crippen LogP contribution in [0.4, 0.5) is 15.8 Å². The van der Waals surface area contributed by atoms with Gasteiger partial charge in [0.05, 0.1) is 11.0 Å². The molecule has 10 heteroatoms. The molecule has 2 aromatic rings. The molecule has 26 heavy (non-hydrogen) atoms. The summed E-state index contributed by atoms with van der Waals surface area (Å²) in [5, 5.41) is 19.3. The largest absolute Gasteiger partial charge is 0.346 e. The van der Waals surface area contributed by atoms with Crippen molar-refractivity contribution < 1.29 is 18.9 Å². The minimum Gasteiger partial charge on any atom is -0.346 e. The molecule has 8 nitrogen and oxygen atoms in total. The molecular formula is C16H17FN4O4S. The second-order valence-corrected chi connectivity index (χ2v) is 6.40. The van der Waals surface area contributed by atoms with Gasteiger partial charge >= 0.3 is 17.5 Å². The maximum Gasteiger partial charge on any atom is 0.313 e. The first-order valence-electron chi connectivity index (χ1n) is 7.51. The van der Waals surface area contributed by atoms with Crippen molar-refractivity contribution in [2.24, 2.45) is 0 Å². The molecule has 1 atom stereocenters. The third kappa shape index (κ3) is 4.83. The second kappa shape index (κ2) is 8.50. The number of amides is 2. The maximum atomic E-state index is 13.3. The number of rotatable bonds is 6. The van der Waals surface area contributed by atoms with E-state index in [4.69, 9.17) is 0 Å². The number of nitro benzene ring substituents is 1. The number of thiophene rings is 1. The summed E-state index contributed by atoms with van der Waals surface area (Å²) in [5.41, 5.74) is 0.184. The molecule has 2 amide bonds. The molecule has 0 aliphatic carbocycles. The van der Waals surface area contributed by atoms with Gasteiger partial charge in [-0.2, -0.15) is 15.7 Å². The second-order valence-electron chi connectivity index (χ2n) is 5.62. The summed E-state index contributed by atoms with van der Waals surface area (Å²) >= 11 is 1.53. The molecule has 0 fully saturated rings. The van der Waals surface area contributed by atoms with Gasteiger partial charge in [-0.25, -0.2) is 0 Å². The summed E-state index contributed by atoms with van der Waals surface area (Å²) in [6.07, 6.45) is 0. The molecule has 2 N–H and O–H groups in total. The summed E-state index contributed by atoms with van der Waals surface area (Å²) in [6.45, 7) is 0.208. The smallest absolute Gasteiger partial charge is 0.313 e. The zero-order chi connectivity index (χ0) is 19.3. The van der Waals surface area contributed by atoms with Crippen molar-refractivity contribution in [2.45, 2.75) is 6.04 Å². The Hall–Kier alpha value is -2.85. The first-order valence-corrected chi connectivity index (χ1v) is 8.45. The van der Waals surface area contributed by atoms with E-state index in [0.29, 0.717) is 0 Å². The number of anilines is 1. The number of carbonyl (C=O) groups excluding carboxylic acids is 2. The SMILES string of the molecule is CN(C)C(CNC(=O)C(=O)Nc1ccc(F)c([N+](=O)[O-])c1)c1ccsc1. The number of nitrogens with zero attached hydrogens (tertiary/aromatic N) is 2. The van der Waals surface area contributed by atoms with Crippen molar-refractivity contribution in [3.63, 3.8) is 0 Å². The number of nitro groups is 1. The quantitative estimate of drug-likeness (QED) is 0.454. The van der Waals surface area contributed by atoms with Crippen LogP contribution in [0.1, 0.15) is 11.6 Å². The van der Waals surface area contributed by atoms with Gasteiger partial charge in [0, 0.05) is 18.3 Å². The molecule has 1 unspecified atom stereocenters. The topological polar surface area (TPSA) is 105 Å². The van der Waals surface area contributed by atoms with E-state index in [0.717, 1.165) is 23.8 Å². The minimum absolute atomic E-state index is 0.0414. The molecular weight excluding hydrogens is 363 g/mol.